The zero-order valence-corrected chi connectivity index (χ0v) is 30.8. The van der Waals surface area contributed by atoms with Gasteiger partial charge in [-0.2, -0.15) is 4.98 Å². The second-order valence-electron chi connectivity index (χ2n) is 15.9. The molecule has 5 N–H and O–H groups in total. The Kier molecular flexibility index (Phi) is 8.83. The largest absolute Gasteiger partial charge is 0.485 e. The van der Waals surface area contributed by atoms with Crippen molar-refractivity contribution in [2.45, 2.75) is 106 Å². The second-order valence-corrected chi connectivity index (χ2v) is 15.9. The first kappa shape index (κ1) is 36.0. The van der Waals surface area contributed by atoms with E-state index in [0.717, 1.165) is 51.7 Å². The molecule has 3 aromatic rings. The third-order valence-electron chi connectivity index (χ3n) is 12.3. The van der Waals surface area contributed by atoms with Gasteiger partial charge in [0.1, 0.15) is 46.7 Å². The molecule has 6 fully saturated rings. The molecule has 3 spiro atoms. The van der Waals surface area contributed by atoms with Gasteiger partial charge in [0.2, 0.25) is 17.7 Å². The van der Waals surface area contributed by atoms with Crippen molar-refractivity contribution >= 4 is 23.5 Å². The van der Waals surface area contributed by atoms with Crippen LogP contribution in [-0.2, 0) is 20.8 Å². The van der Waals surface area contributed by atoms with Crippen molar-refractivity contribution < 1.29 is 33.9 Å². The molecule has 9 heterocycles. The summed E-state index contributed by atoms with van der Waals surface area (Å²) in [6.07, 6.45) is 7.80. The third kappa shape index (κ3) is 5.85. The van der Waals surface area contributed by atoms with Crippen LogP contribution >= 0.6 is 0 Å². The van der Waals surface area contributed by atoms with Gasteiger partial charge >= 0.3 is 0 Å². The lowest BCUT2D eigenvalue weighted by Gasteiger charge is -2.51. The molecule has 3 amide bonds. The van der Waals surface area contributed by atoms with Gasteiger partial charge in [0.05, 0.1) is 25.0 Å². The van der Waals surface area contributed by atoms with Gasteiger partial charge in [-0.15, -0.1) is 0 Å². The molecule has 6 aliphatic rings. The lowest BCUT2D eigenvalue weighted by molar-refractivity contribution is -0.161. The summed E-state index contributed by atoms with van der Waals surface area (Å²) in [5.74, 6) is 0.941. The van der Waals surface area contributed by atoms with Crippen LogP contribution in [0.25, 0.3) is 0 Å². The van der Waals surface area contributed by atoms with Crippen molar-refractivity contribution in [3.8, 4) is 5.75 Å². The van der Waals surface area contributed by atoms with E-state index in [9.17, 15) is 24.6 Å². The summed E-state index contributed by atoms with van der Waals surface area (Å²) in [5.41, 5.74) is -1.38. The van der Waals surface area contributed by atoms with Crippen LogP contribution in [0.1, 0.15) is 93.7 Å². The van der Waals surface area contributed by atoms with E-state index in [1.165, 1.54) is 24.9 Å². The number of nitrogens with zero attached hydrogens (tertiary/aromatic N) is 9. The average molecular weight is 759 g/mol. The topological polar surface area (TPSA) is 237 Å². The SMILES string of the molecule is CC(O)c1ncc(CC(O)C(c2ncc(O[C@H](C)C(c3ncno3)N3CC4(CCCN4)C3=O)cn2)N2CC3(CCCN3)C2=O)c(N2CC3(CCCN3)C2=O)n1. The molecular formula is C36H46N12O7. The molecule has 6 saturated heterocycles. The van der Waals surface area contributed by atoms with Crippen molar-refractivity contribution in [1.29, 1.82) is 0 Å². The molecule has 3 aromatic heterocycles. The number of anilines is 1. The number of aliphatic hydroxyl groups is 2. The fraction of sp³-hybridized carbons (Fsp3) is 0.639. The summed E-state index contributed by atoms with van der Waals surface area (Å²) >= 11 is 0. The maximum atomic E-state index is 13.8. The fourth-order valence-corrected chi connectivity index (χ4v) is 9.36. The molecular weight excluding hydrogens is 712 g/mol. The van der Waals surface area contributed by atoms with Gasteiger partial charge in [-0.3, -0.25) is 19.3 Å². The maximum Gasteiger partial charge on any atom is 0.253 e. The van der Waals surface area contributed by atoms with Crippen LogP contribution < -0.4 is 25.6 Å². The number of likely N-dealkylation sites (tertiary alicyclic amines) is 2. The van der Waals surface area contributed by atoms with Crippen molar-refractivity contribution in [2.75, 3.05) is 44.2 Å². The van der Waals surface area contributed by atoms with Gasteiger partial charge in [-0.25, -0.2) is 19.9 Å². The van der Waals surface area contributed by atoms with Crippen molar-refractivity contribution in [2.24, 2.45) is 0 Å². The quantitative estimate of drug-likeness (QED) is 0.143. The Morgan fingerprint density at radius 2 is 1.36 bits per heavy atom. The van der Waals surface area contributed by atoms with Gasteiger partial charge in [-0.1, -0.05) is 5.16 Å². The molecule has 0 radical (unpaired) electrons. The Hall–Kier alpha value is -4.69. The number of carbonyl (C=O) groups is 3. The number of hydrogen-bond donors (Lipinski definition) is 5. The second kappa shape index (κ2) is 13.5. The fourth-order valence-electron chi connectivity index (χ4n) is 9.36. The van der Waals surface area contributed by atoms with E-state index in [0.29, 0.717) is 43.2 Å². The number of carbonyl (C=O) groups excluding carboxylic acids is 3. The molecule has 0 aromatic carbocycles. The first-order valence-electron chi connectivity index (χ1n) is 19.2. The number of amides is 3. The standard InChI is InChI=1S/C36H46N12O7/c1-20(49)27-37-13-22(29(45-27)48-18-36(33(48)53)8-5-11-43-36)12-24(50)26(47-17-35(32(47)52)7-4-10-42-35)28-38-14-23(15-39-28)54-21(2)25(30-40-19-44-55-30)46-16-34(31(46)51)6-3-9-41-34/h13-15,19-21,24-26,41-43,49-50H,3-12,16-18H2,1-2H3/t20?,21-,24?,25?,26?,34?,35?,36?/m1/s1. The van der Waals surface area contributed by atoms with Crippen molar-refractivity contribution in [1.82, 2.24) is 55.8 Å². The smallest absolute Gasteiger partial charge is 0.253 e. The molecule has 0 aliphatic carbocycles. The summed E-state index contributed by atoms with van der Waals surface area (Å²) in [6.45, 7) is 6.89. The number of β-lactam (4-membered cyclic amide) rings is 3. The molecule has 292 valence electrons. The number of rotatable bonds is 12. The Morgan fingerprint density at radius 1 is 0.782 bits per heavy atom. The highest BCUT2D eigenvalue weighted by atomic mass is 16.5. The van der Waals surface area contributed by atoms with E-state index < -0.39 is 47.0 Å². The van der Waals surface area contributed by atoms with Crippen LogP contribution in [0.4, 0.5) is 5.82 Å². The average Bonchev–Trinajstić information content (AvgIpc) is 4.03. The van der Waals surface area contributed by atoms with Crippen LogP contribution in [0.2, 0.25) is 0 Å². The molecule has 19 nitrogen and oxygen atoms in total. The predicted octanol–water partition coefficient (Wildman–Crippen LogP) is -0.746. The van der Waals surface area contributed by atoms with Gasteiger partial charge in [0.15, 0.2) is 23.7 Å². The van der Waals surface area contributed by atoms with Gasteiger partial charge < -0.3 is 45.2 Å². The molecule has 0 bridgehead atoms. The minimum Gasteiger partial charge on any atom is -0.485 e. The molecule has 0 saturated carbocycles. The Balaban J connectivity index is 0.967. The highest BCUT2D eigenvalue weighted by molar-refractivity contribution is 6.07. The summed E-state index contributed by atoms with van der Waals surface area (Å²) in [5, 5.41) is 36.1. The lowest BCUT2D eigenvalue weighted by Crippen LogP contribution is -2.72. The van der Waals surface area contributed by atoms with Crippen LogP contribution in [0, 0.1) is 0 Å². The van der Waals surface area contributed by atoms with E-state index in [-0.39, 0.29) is 41.7 Å². The summed E-state index contributed by atoms with van der Waals surface area (Å²) in [4.78, 5) is 68.0. The van der Waals surface area contributed by atoms with Gasteiger partial charge in [-0.05, 0) is 72.0 Å². The molecule has 9 rings (SSSR count). The van der Waals surface area contributed by atoms with Crippen LogP contribution in [0.15, 0.2) is 29.4 Å². The van der Waals surface area contributed by atoms with E-state index in [4.69, 9.17) is 9.26 Å². The first-order chi connectivity index (χ1) is 26.5. The van der Waals surface area contributed by atoms with Crippen LogP contribution in [-0.4, -0.2) is 136 Å². The molecule has 55 heavy (non-hydrogen) atoms. The summed E-state index contributed by atoms with van der Waals surface area (Å²) in [7, 11) is 0. The zero-order valence-electron chi connectivity index (χ0n) is 30.8. The van der Waals surface area contributed by atoms with E-state index >= 15 is 0 Å². The van der Waals surface area contributed by atoms with Crippen LogP contribution in [0.3, 0.4) is 0 Å². The Labute approximate surface area is 316 Å². The Morgan fingerprint density at radius 3 is 1.87 bits per heavy atom. The maximum absolute atomic E-state index is 13.8. The zero-order chi connectivity index (χ0) is 38.1. The highest BCUT2D eigenvalue weighted by Gasteiger charge is 2.59. The lowest BCUT2D eigenvalue weighted by atomic mass is 9.83. The predicted molar refractivity (Wildman–Crippen MR) is 190 cm³/mol. The van der Waals surface area contributed by atoms with E-state index in [1.807, 2.05) is 0 Å². The monoisotopic (exact) mass is 758 g/mol. The van der Waals surface area contributed by atoms with Crippen molar-refractivity contribution in [3.63, 3.8) is 0 Å². The molecule has 6 aliphatic heterocycles. The number of nitrogens with one attached hydrogen (secondary N) is 3. The number of aromatic nitrogens is 6. The summed E-state index contributed by atoms with van der Waals surface area (Å²) < 4.78 is 11.7. The number of aliphatic hydroxyl groups excluding tert-OH is 2. The summed E-state index contributed by atoms with van der Waals surface area (Å²) in [6, 6.07) is -1.61. The van der Waals surface area contributed by atoms with Crippen LogP contribution in [0.5, 0.6) is 5.75 Å². The van der Waals surface area contributed by atoms with E-state index in [1.54, 1.807) is 28.5 Å². The first-order valence-corrected chi connectivity index (χ1v) is 19.2. The minimum atomic E-state index is -1.22. The highest BCUT2D eigenvalue weighted by Crippen LogP contribution is 2.42. The molecule has 8 atom stereocenters. The normalized spacial score (nSPS) is 30.1. The molecule has 19 heteroatoms. The van der Waals surface area contributed by atoms with Crippen molar-refractivity contribution in [3.05, 3.63) is 48.0 Å². The van der Waals surface area contributed by atoms with E-state index in [2.05, 4.69) is 46.0 Å². The number of hydrogen-bond acceptors (Lipinski definition) is 16. The van der Waals surface area contributed by atoms with Gasteiger partial charge in [0.25, 0.3) is 5.89 Å². The van der Waals surface area contributed by atoms with Gasteiger partial charge in [0, 0.05) is 31.3 Å². The third-order valence-corrected chi connectivity index (χ3v) is 12.3. The Bertz CT molecular complexity index is 1940. The minimum absolute atomic E-state index is 0.0285. The number of ether oxygens (including phenoxy) is 1. The molecule has 7 unspecified atom stereocenters.